The molecule has 0 aliphatic heterocycles. The van der Waals surface area contributed by atoms with Crippen molar-refractivity contribution < 1.29 is 37.1 Å². The first-order chi connectivity index (χ1) is 14.0. The normalized spacial score (nSPS) is 13.6. The summed E-state index contributed by atoms with van der Waals surface area (Å²) in [6.45, 7) is 0.0588. The van der Waals surface area contributed by atoms with Gasteiger partial charge < -0.3 is 15.0 Å². The van der Waals surface area contributed by atoms with Gasteiger partial charge in [-0.2, -0.15) is 13.2 Å². The number of carbonyl (C=O) groups is 3. The number of aromatic nitrogens is 1. The molecule has 162 valence electrons. The molecule has 2 aromatic rings. The van der Waals surface area contributed by atoms with E-state index in [1.54, 1.807) is 0 Å². The Balaban J connectivity index is 2.40. The molecule has 2 rings (SSSR count). The third-order valence-corrected chi connectivity index (χ3v) is 4.50. The molecule has 1 unspecified atom stereocenters. The lowest BCUT2D eigenvalue weighted by atomic mass is 10.1. The molecule has 7 nitrogen and oxygen atoms in total. The molecule has 1 heterocycles. The van der Waals surface area contributed by atoms with E-state index in [0.717, 1.165) is 29.0 Å². The summed E-state index contributed by atoms with van der Waals surface area (Å²) in [5, 5.41) is 10.9. The van der Waals surface area contributed by atoms with E-state index in [-0.39, 0.29) is 17.2 Å². The number of benzene rings is 1. The maximum Gasteiger partial charge on any atom is 0.416 e. The van der Waals surface area contributed by atoms with Crippen LogP contribution in [-0.2, 0) is 20.6 Å². The number of halogens is 4. The number of aliphatic carboxylic acids is 1. The lowest BCUT2D eigenvalue weighted by Crippen LogP contribution is -2.47. The maximum atomic E-state index is 12.9. The Morgan fingerprint density at radius 2 is 1.87 bits per heavy atom. The lowest BCUT2D eigenvalue weighted by Gasteiger charge is -2.22. The van der Waals surface area contributed by atoms with Crippen LogP contribution in [0.3, 0.4) is 0 Å². The molecule has 0 spiro atoms. The van der Waals surface area contributed by atoms with Crippen LogP contribution in [0, 0.1) is 0 Å². The van der Waals surface area contributed by atoms with Crippen molar-refractivity contribution in [2.75, 3.05) is 6.67 Å². The molecule has 2 N–H and O–H groups in total. The van der Waals surface area contributed by atoms with E-state index in [4.69, 9.17) is 5.11 Å². The predicted octanol–water partition coefficient (Wildman–Crippen LogP) is 2.47. The minimum Gasteiger partial charge on any atom is -0.481 e. The highest BCUT2D eigenvalue weighted by atomic mass is 19.4. The lowest BCUT2D eigenvalue weighted by molar-refractivity contribution is -0.140. The minimum absolute atomic E-state index is 0.0256. The highest BCUT2D eigenvalue weighted by molar-refractivity contribution is 5.93. The average molecular weight is 430 g/mol. The monoisotopic (exact) mass is 430 g/mol. The zero-order valence-corrected chi connectivity index (χ0v) is 15.7. The fraction of sp³-hybridized carbons (Fsp3) is 0.368. The summed E-state index contributed by atoms with van der Waals surface area (Å²) in [4.78, 5) is 47.7. The molecular weight excluding hydrogens is 412 g/mol. The topological polar surface area (TPSA) is 105 Å². The molecule has 0 saturated heterocycles. The summed E-state index contributed by atoms with van der Waals surface area (Å²) in [5.74, 6) is -3.46. The third-order valence-electron chi connectivity index (χ3n) is 4.50. The second kappa shape index (κ2) is 9.06. The van der Waals surface area contributed by atoms with Crippen molar-refractivity contribution >= 4 is 28.4 Å². The molecule has 1 aromatic carbocycles. The van der Waals surface area contributed by atoms with Crippen molar-refractivity contribution in [1.82, 2.24) is 9.88 Å². The molecule has 0 bridgehead atoms. The van der Waals surface area contributed by atoms with E-state index >= 15 is 0 Å². The summed E-state index contributed by atoms with van der Waals surface area (Å²) in [6.07, 6.45) is -4.24. The molecular formula is C19H18F4N2O5. The van der Waals surface area contributed by atoms with Crippen molar-refractivity contribution in [2.45, 2.75) is 38.0 Å². The van der Waals surface area contributed by atoms with E-state index in [0.29, 0.717) is 0 Å². The summed E-state index contributed by atoms with van der Waals surface area (Å²) in [7, 11) is 0. The largest absolute Gasteiger partial charge is 0.481 e. The van der Waals surface area contributed by atoms with Gasteiger partial charge in [-0.3, -0.25) is 19.2 Å². The van der Waals surface area contributed by atoms with Crippen LogP contribution >= 0.6 is 0 Å². The van der Waals surface area contributed by atoms with Crippen LogP contribution in [0.25, 0.3) is 10.8 Å². The Morgan fingerprint density at radius 1 is 1.20 bits per heavy atom. The van der Waals surface area contributed by atoms with Gasteiger partial charge in [-0.15, -0.1) is 0 Å². The van der Waals surface area contributed by atoms with Gasteiger partial charge in [-0.25, -0.2) is 4.39 Å². The Labute approximate surface area is 167 Å². The molecule has 1 amide bonds. The van der Waals surface area contributed by atoms with Gasteiger partial charge in [0.05, 0.1) is 12.0 Å². The number of hydrogen-bond donors (Lipinski definition) is 2. The van der Waals surface area contributed by atoms with E-state index in [2.05, 4.69) is 5.32 Å². The van der Waals surface area contributed by atoms with Crippen LogP contribution in [0.5, 0.6) is 0 Å². The number of rotatable bonds is 8. The number of nitrogens with one attached hydrogen (secondary N) is 1. The van der Waals surface area contributed by atoms with Gasteiger partial charge in [-0.05, 0) is 36.1 Å². The number of nitrogens with zero attached hydrogens (tertiary/aromatic N) is 1. The molecule has 1 aromatic heterocycles. The number of alkyl halides is 4. The number of Topliss-reactive ketones (excluding diaryl/α,β-unsaturated/α-hetero) is 1. The van der Waals surface area contributed by atoms with Crippen molar-refractivity contribution in [3.8, 4) is 0 Å². The highest BCUT2D eigenvalue weighted by Crippen LogP contribution is 2.30. The number of hydrogen-bond acceptors (Lipinski definition) is 4. The van der Waals surface area contributed by atoms with E-state index in [9.17, 15) is 36.7 Å². The quantitative estimate of drug-likeness (QED) is 0.626. The second-order valence-corrected chi connectivity index (χ2v) is 6.51. The number of carboxylic acids is 1. The van der Waals surface area contributed by atoms with Gasteiger partial charge in [0.15, 0.2) is 5.78 Å². The second-order valence-electron chi connectivity index (χ2n) is 6.51. The summed E-state index contributed by atoms with van der Waals surface area (Å²) in [6, 6.07) is 1.00. The Hall–Kier alpha value is -3.24. The standard InChI is InChI=1S/C19H18F4N2O5/c1-2-14(17(29)24-13(8-16(27)28)15(26)9-20)25-6-5-10-7-11(19(21,22)23)3-4-12(10)18(25)30/h3-7,13-14H,2,8-9H2,1H3,(H,24,29)(H,27,28)/t13?,14-/m0/s1. The van der Waals surface area contributed by atoms with E-state index < -0.39 is 60.1 Å². The third kappa shape index (κ3) is 5.02. The summed E-state index contributed by atoms with van der Waals surface area (Å²) >= 11 is 0. The van der Waals surface area contributed by atoms with Crippen LogP contribution < -0.4 is 10.9 Å². The fourth-order valence-electron chi connectivity index (χ4n) is 2.97. The number of fused-ring (bicyclic) bond motifs is 1. The van der Waals surface area contributed by atoms with Crippen LogP contribution in [0.1, 0.15) is 31.4 Å². The van der Waals surface area contributed by atoms with E-state index in [1.807, 2.05) is 0 Å². The molecule has 2 atom stereocenters. The zero-order chi connectivity index (χ0) is 22.6. The summed E-state index contributed by atoms with van der Waals surface area (Å²) in [5.41, 5.74) is -1.67. The minimum atomic E-state index is -4.59. The molecule has 11 heteroatoms. The Morgan fingerprint density at radius 3 is 2.40 bits per heavy atom. The van der Waals surface area contributed by atoms with Gasteiger partial charge in [0, 0.05) is 11.6 Å². The predicted molar refractivity (Wildman–Crippen MR) is 97.7 cm³/mol. The van der Waals surface area contributed by atoms with Crippen molar-refractivity contribution in [1.29, 1.82) is 0 Å². The van der Waals surface area contributed by atoms with Gasteiger partial charge in [-0.1, -0.05) is 6.92 Å². The molecule has 0 aliphatic rings. The van der Waals surface area contributed by atoms with Crippen molar-refractivity contribution in [2.24, 2.45) is 0 Å². The molecule has 0 aliphatic carbocycles. The SMILES string of the molecule is CC[C@@H](C(=O)NC(CC(=O)O)C(=O)CF)n1ccc2cc(C(F)(F)F)ccc2c1=O. The Kier molecular flexibility index (Phi) is 6.96. The number of ketones is 1. The van der Waals surface area contributed by atoms with E-state index in [1.165, 1.54) is 13.0 Å². The first-order valence-electron chi connectivity index (χ1n) is 8.82. The maximum absolute atomic E-state index is 12.9. The van der Waals surface area contributed by atoms with Crippen LogP contribution in [-0.4, -0.2) is 40.0 Å². The first-order valence-corrected chi connectivity index (χ1v) is 8.82. The summed E-state index contributed by atoms with van der Waals surface area (Å²) < 4.78 is 52.2. The molecule has 0 radical (unpaired) electrons. The van der Waals surface area contributed by atoms with Crippen LogP contribution in [0.2, 0.25) is 0 Å². The fourth-order valence-corrected chi connectivity index (χ4v) is 2.97. The highest BCUT2D eigenvalue weighted by Gasteiger charge is 2.31. The number of carboxylic acid groups (broad SMARTS) is 1. The molecule has 30 heavy (non-hydrogen) atoms. The van der Waals surface area contributed by atoms with Gasteiger partial charge in [0.1, 0.15) is 18.8 Å². The zero-order valence-electron chi connectivity index (χ0n) is 15.7. The van der Waals surface area contributed by atoms with Gasteiger partial charge >= 0.3 is 12.1 Å². The molecule has 0 fully saturated rings. The van der Waals surface area contributed by atoms with Gasteiger partial charge in [0.25, 0.3) is 5.56 Å². The first kappa shape index (κ1) is 23.0. The van der Waals surface area contributed by atoms with Gasteiger partial charge in [0.2, 0.25) is 5.91 Å². The van der Waals surface area contributed by atoms with Crippen molar-refractivity contribution in [3.63, 3.8) is 0 Å². The number of carbonyl (C=O) groups excluding carboxylic acids is 2. The number of pyridine rings is 1. The number of amides is 1. The Bertz CT molecular complexity index is 1030. The average Bonchev–Trinajstić information content (AvgIpc) is 2.67. The van der Waals surface area contributed by atoms with Crippen molar-refractivity contribution in [3.05, 3.63) is 46.4 Å². The van der Waals surface area contributed by atoms with Crippen LogP contribution in [0.4, 0.5) is 17.6 Å². The van der Waals surface area contributed by atoms with Crippen LogP contribution in [0.15, 0.2) is 35.3 Å². The molecule has 0 saturated carbocycles. The smallest absolute Gasteiger partial charge is 0.416 e.